The molecule has 0 aromatic heterocycles. The quantitative estimate of drug-likeness (QED) is 0.572. The molecule has 3 aromatic rings. The van der Waals surface area contributed by atoms with Gasteiger partial charge in [0.1, 0.15) is 12.4 Å². The van der Waals surface area contributed by atoms with Crippen molar-refractivity contribution >= 4 is 21.6 Å². The molecule has 2 aliphatic heterocycles. The average Bonchev–Trinajstić information content (AvgIpc) is 2.83. The van der Waals surface area contributed by atoms with Gasteiger partial charge in [-0.15, -0.1) is 0 Å². The summed E-state index contributed by atoms with van der Waals surface area (Å²) in [5.41, 5.74) is 2.57. The third-order valence-corrected chi connectivity index (χ3v) is 8.40. The fourth-order valence-corrected chi connectivity index (χ4v) is 6.47. The Morgan fingerprint density at radius 1 is 0.909 bits per heavy atom. The molecule has 3 aromatic carbocycles. The van der Waals surface area contributed by atoms with Crippen LogP contribution in [0.1, 0.15) is 18.4 Å². The summed E-state index contributed by atoms with van der Waals surface area (Å²) in [7, 11) is -3.93. The minimum atomic E-state index is -3.93. The molecule has 5 rings (SSSR count). The summed E-state index contributed by atoms with van der Waals surface area (Å²) in [6.07, 6.45) is 2.76. The molecule has 0 aliphatic carbocycles. The monoisotopic (exact) mass is 464 g/mol. The van der Waals surface area contributed by atoms with Crippen molar-refractivity contribution < 1.29 is 17.6 Å². The zero-order valence-electron chi connectivity index (χ0n) is 18.2. The van der Waals surface area contributed by atoms with E-state index in [0.29, 0.717) is 35.8 Å². The minimum Gasteiger partial charge on any atom is -0.341 e. The van der Waals surface area contributed by atoms with Crippen LogP contribution in [0.25, 0.3) is 11.1 Å². The van der Waals surface area contributed by atoms with Crippen LogP contribution in [0.5, 0.6) is 0 Å². The van der Waals surface area contributed by atoms with Gasteiger partial charge >= 0.3 is 0 Å². The van der Waals surface area contributed by atoms with Crippen molar-refractivity contribution in [3.05, 3.63) is 84.2 Å². The normalized spacial score (nSPS) is 17.4. The van der Waals surface area contributed by atoms with E-state index in [0.717, 1.165) is 23.6 Å². The third kappa shape index (κ3) is 4.13. The van der Waals surface area contributed by atoms with E-state index < -0.39 is 15.8 Å². The third-order valence-electron chi connectivity index (χ3n) is 6.59. The number of nitrogens with zero attached hydrogens (tertiary/aromatic N) is 2. The molecule has 0 unspecified atom stereocenters. The molecule has 2 heterocycles. The highest BCUT2D eigenvalue weighted by Gasteiger charge is 2.37. The van der Waals surface area contributed by atoms with Crippen LogP contribution in [0.4, 0.5) is 10.1 Å². The number of benzene rings is 3. The fraction of sp³-hybridized carbons (Fsp3) is 0.269. The van der Waals surface area contributed by atoms with Crippen molar-refractivity contribution in [3.63, 3.8) is 0 Å². The number of sulfonamides is 1. The first-order valence-corrected chi connectivity index (χ1v) is 12.6. The molecular formula is C26H25FN2O3S. The van der Waals surface area contributed by atoms with Gasteiger partial charge in [0.2, 0.25) is 5.91 Å². The van der Waals surface area contributed by atoms with Gasteiger partial charge in [-0.2, -0.15) is 0 Å². The molecule has 2 aliphatic rings. The zero-order valence-corrected chi connectivity index (χ0v) is 19.0. The summed E-state index contributed by atoms with van der Waals surface area (Å²) in [6.45, 7) is 0.923. The molecule has 0 bridgehead atoms. The highest BCUT2D eigenvalue weighted by Crippen LogP contribution is 2.43. The Labute approximate surface area is 193 Å². The Morgan fingerprint density at radius 2 is 1.61 bits per heavy atom. The van der Waals surface area contributed by atoms with Gasteiger partial charge in [0.05, 0.1) is 10.6 Å². The summed E-state index contributed by atoms with van der Waals surface area (Å²) >= 11 is 0. The van der Waals surface area contributed by atoms with Crippen molar-refractivity contribution in [1.82, 2.24) is 4.90 Å². The van der Waals surface area contributed by atoms with Crippen molar-refractivity contribution in [1.29, 1.82) is 0 Å². The van der Waals surface area contributed by atoms with Crippen molar-refractivity contribution in [2.45, 2.75) is 24.2 Å². The summed E-state index contributed by atoms with van der Waals surface area (Å²) in [5, 5.41) is 0. The second-order valence-electron chi connectivity index (χ2n) is 8.68. The van der Waals surface area contributed by atoms with E-state index in [9.17, 15) is 17.6 Å². The maximum Gasteiger partial charge on any atom is 0.265 e. The number of amides is 1. The molecule has 0 radical (unpaired) electrons. The molecule has 5 nitrogen and oxygen atoms in total. The summed E-state index contributed by atoms with van der Waals surface area (Å²) in [6, 6.07) is 20.9. The second kappa shape index (κ2) is 8.63. The number of carbonyl (C=O) groups is 1. The van der Waals surface area contributed by atoms with E-state index in [1.54, 1.807) is 23.1 Å². The predicted molar refractivity (Wildman–Crippen MR) is 126 cm³/mol. The Morgan fingerprint density at radius 3 is 2.36 bits per heavy atom. The number of carbonyl (C=O) groups excluding carboxylic acids is 1. The maximum atomic E-state index is 14.0. The Bertz CT molecular complexity index is 1290. The molecule has 1 saturated heterocycles. The maximum absolute atomic E-state index is 14.0. The lowest BCUT2D eigenvalue weighted by molar-refractivity contribution is -0.130. The lowest BCUT2D eigenvalue weighted by Crippen LogP contribution is -2.47. The molecule has 1 amide bonds. The number of anilines is 1. The number of fused-ring (bicyclic) bond motifs is 3. The van der Waals surface area contributed by atoms with Crippen molar-refractivity contribution in [3.8, 4) is 11.1 Å². The topological polar surface area (TPSA) is 57.7 Å². The first-order valence-electron chi connectivity index (χ1n) is 11.2. The summed E-state index contributed by atoms with van der Waals surface area (Å²) in [5.74, 6) is -0.174. The number of piperidine rings is 1. The SMILES string of the molecule is O=C(CN1c2ccc(F)cc2-c2ccccc2S1(=O)=O)N1CCC(Cc2ccccc2)CC1. The van der Waals surface area contributed by atoms with Crippen molar-refractivity contribution in [2.24, 2.45) is 5.92 Å². The molecule has 1 fully saturated rings. The Kier molecular flexibility index (Phi) is 5.66. The van der Waals surface area contributed by atoms with Gasteiger partial charge in [0.25, 0.3) is 10.0 Å². The lowest BCUT2D eigenvalue weighted by Gasteiger charge is -2.36. The first-order chi connectivity index (χ1) is 15.9. The highest BCUT2D eigenvalue weighted by molar-refractivity contribution is 7.93. The molecule has 170 valence electrons. The Hall–Kier alpha value is -3.19. The van der Waals surface area contributed by atoms with Gasteiger partial charge in [-0.05, 0) is 55.0 Å². The van der Waals surface area contributed by atoms with Crippen LogP contribution < -0.4 is 4.31 Å². The van der Waals surface area contributed by atoms with Crippen LogP contribution >= 0.6 is 0 Å². The minimum absolute atomic E-state index is 0.0949. The van der Waals surface area contributed by atoms with Gasteiger partial charge in [-0.1, -0.05) is 48.5 Å². The fourth-order valence-electron chi connectivity index (χ4n) is 4.83. The molecule has 0 N–H and O–H groups in total. The lowest BCUT2D eigenvalue weighted by atomic mass is 9.90. The van der Waals surface area contributed by atoms with Crippen molar-refractivity contribution in [2.75, 3.05) is 23.9 Å². The second-order valence-corrected chi connectivity index (χ2v) is 10.5. The van der Waals surface area contributed by atoms with E-state index in [1.807, 2.05) is 18.2 Å². The number of likely N-dealkylation sites (tertiary alicyclic amines) is 1. The average molecular weight is 465 g/mol. The number of rotatable bonds is 4. The summed E-state index contributed by atoms with van der Waals surface area (Å²) < 4.78 is 41.9. The molecule has 7 heteroatoms. The van der Waals surface area contributed by atoms with Gasteiger partial charge in [-0.3, -0.25) is 9.10 Å². The van der Waals surface area contributed by atoms with Crippen LogP contribution in [0.3, 0.4) is 0 Å². The van der Waals surface area contributed by atoms with E-state index in [4.69, 9.17) is 0 Å². The molecule has 33 heavy (non-hydrogen) atoms. The van der Waals surface area contributed by atoms with Crippen LogP contribution in [0, 0.1) is 11.7 Å². The van der Waals surface area contributed by atoms with Crippen LogP contribution in [0.15, 0.2) is 77.7 Å². The van der Waals surface area contributed by atoms with E-state index >= 15 is 0 Å². The van der Waals surface area contributed by atoms with Gasteiger partial charge in [0, 0.05) is 24.2 Å². The molecule has 0 atom stereocenters. The van der Waals surface area contributed by atoms with Crippen LogP contribution in [-0.4, -0.2) is 38.9 Å². The highest BCUT2D eigenvalue weighted by atomic mass is 32.2. The van der Waals surface area contributed by atoms with E-state index in [2.05, 4.69) is 12.1 Å². The number of halogens is 1. The molecular weight excluding hydrogens is 439 g/mol. The van der Waals surface area contributed by atoms with E-state index in [1.165, 1.54) is 29.8 Å². The predicted octanol–water partition coefficient (Wildman–Crippen LogP) is 4.48. The largest absolute Gasteiger partial charge is 0.341 e. The van der Waals surface area contributed by atoms with E-state index in [-0.39, 0.29) is 17.3 Å². The van der Waals surface area contributed by atoms with Gasteiger partial charge < -0.3 is 4.90 Å². The smallest absolute Gasteiger partial charge is 0.265 e. The zero-order chi connectivity index (χ0) is 23.0. The first kappa shape index (κ1) is 21.6. The van der Waals surface area contributed by atoms with Crippen LogP contribution in [-0.2, 0) is 21.2 Å². The summed E-state index contributed by atoms with van der Waals surface area (Å²) in [4.78, 5) is 15.0. The van der Waals surface area contributed by atoms with Gasteiger partial charge in [0.15, 0.2) is 0 Å². The van der Waals surface area contributed by atoms with Crippen LogP contribution in [0.2, 0.25) is 0 Å². The Balaban J connectivity index is 1.34. The number of hydrogen-bond donors (Lipinski definition) is 0. The number of hydrogen-bond acceptors (Lipinski definition) is 3. The molecule has 0 spiro atoms. The molecule has 0 saturated carbocycles. The standard InChI is InChI=1S/C26H25FN2O3S/c27-21-10-11-24-23(17-21)22-8-4-5-9-25(22)33(31,32)29(24)18-26(30)28-14-12-20(13-15-28)16-19-6-2-1-3-7-19/h1-11,17,20H,12-16,18H2. The van der Waals surface area contributed by atoms with Gasteiger partial charge in [-0.25, -0.2) is 12.8 Å².